The average Bonchev–Trinajstić information content (AvgIpc) is 3.38. The van der Waals surface area contributed by atoms with Crippen molar-refractivity contribution < 1.29 is 14.6 Å². The molecule has 0 bridgehead atoms. The molecule has 2 fully saturated rings. The number of aryl methyl sites for hydroxylation is 1. The third kappa shape index (κ3) is 5.85. The Bertz CT molecular complexity index is 1120. The number of ether oxygens (including phenoxy) is 1. The molecule has 190 valence electrons. The number of esters is 1. The van der Waals surface area contributed by atoms with E-state index < -0.39 is 6.10 Å². The lowest BCUT2D eigenvalue weighted by Gasteiger charge is -2.44. The van der Waals surface area contributed by atoms with E-state index in [0.29, 0.717) is 30.1 Å². The molecule has 0 radical (unpaired) electrons. The fraction of sp³-hybridized carbons (Fsp3) is 0.483. The van der Waals surface area contributed by atoms with E-state index >= 15 is 0 Å². The minimum absolute atomic E-state index is 0.0499. The van der Waals surface area contributed by atoms with Crippen LogP contribution >= 0.6 is 0 Å². The maximum absolute atomic E-state index is 12.3. The van der Waals surface area contributed by atoms with Gasteiger partial charge < -0.3 is 9.84 Å². The van der Waals surface area contributed by atoms with Crippen molar-refractivity contribution in [3.8, 4) is 0 Å². The van der Waals surface area contributed by atoms with Gasteiger partial charge in [0.1, 0.15) is 12.3 Å². The largest absolute Gasteiger partial charge is 0.455 e. The Morgan fingerprint density at radius 3 is 2.56 bits per heavy atom. The summed E-state index contributed by atoms with van der Waals surface area (Å²) in [6, 6.07) is 17.6. The number of carbonyl (C=O) groups excluding carboxylic acids is 1. The summed E-state index contributed by atoms with van der Waals surface area (Å²) in [6.07, 6.45) is 8.45. The van der Waals surface area contributed by atoms with E-state index in [2.05, 4.69) is 46.4 Å². The van der Waals surface area contributed by atoms with Gasteiger partial charge >= 0.3 is 5.97 Å². The number of benzene rings is 2. The fourth-order valence-corrected chi connectivity index (χ4v) is 5.66. The SMILES string of the molecule is Cc1ccc([C@H]2C[C@@H](O)[C@H](n3cc(COC(=O)c4ccccc4)nn3)CN2CC2CCCCC2)cc1. The molecule has 0 spiro atoms. The minimum atomic E-state index is -0.541. The molecule has 1 aliphatic heterocycles. The van der Waals surface area contributed by atoms with Crippen LogP contribution < -0.4 is 0 Å². The molecule has 7 heteroatoms. The number of hydrogen-bond acceptors (Lipinski definition) is 6. The van der Waals surface area contributed by atoms with Crippen molar-refractivity contribution >= 4 is 5.97 Å². The lowest BCUT2D eigenvalue weighted by atomic mass is 9.85. The van der Waals surface area contributed by atoms with Gasteiger partial charge in [0.15, 0.2) is 0 Å². The van der Waals surface area contributed by atoms with Gasteiger partial charge in [0.05, 0.1) is 23.9 Å². The second-order valence-electron chi connectivity index (χ2n) is 10.4. The van der Waals surface area contributed by atoms with Gasteiger partial charge in [-0.15, -0.1) is 5.10 Å². The number of nitrogens with zero attached hydrogens (tertiary/aromatic N) is 4. The smallest absolute Gasteiger partial charge is 0.338 e. The van der Waals surface area contributed by atoms with Crippen LogP contribution in [0.15, 0.2) is 60.8 Å². The number of likely N-dealkylation sites (tertiary alicyclic amines) is 1. The molecule has 1 saturated heterocycles. The summed E-state index contributed by atoms with van der Waals surface area (Å²) in [5.41, 5.74) is 3.59. The van der Waals surface area contributed by atoms with Crippen LogP contribution in [-0.4, -0.2) is 50.2 Å². The third-order valence-corrected chi connectivity index (χ3v) is 7.71. The van der Waals surface area contributed by atoms with Gasteiger partial charge in [0.2, 0.25) is 0 Å². The predicted octanol–water partition coefficient (Wildman–Crippen LogP) is 4.87. The second kappa shape index (κ2) is 11.4. The Labute approximate surface area is 213 Å². The lowest BCUT2D eigenvalue weighted by molar-refractivity contribution is -0.0154. The quantitative estimate of drug-likeness (QED) is 0.478. The molecule has 0 amide bonds. The Balaban J connectivity index is 1.29. The van der Waals surface area contributed by atoms with E-state index in [1.807, 2.05) is 6.07 Å². The highest BCUT2D eigenvalue weighted by Crippen LogP contribution is 2.37. The molecule has 1 aliphatic carbocycles. The van der Waals surface area contributed by atoms with E-state index in [1.54, 1.807) is 35.1 Å². The van der Waals surface area contributed by atoms with Gasteiger partial charge in [0, 0.05) is 19.1 Å². The second-order valence-corrected chi connectivity index (χ2v) is 10.4. The highest BCUT2D eigenvalue weighted by Gasteiger charge is 2.38. The first-order chi connectivity index (χ1) is 17.6. The van der Waals surface area contributed by atoms with Gasteiger partial charge in [-0.2, -0.15) is 0 Å². The summed E-state index contributed by atoms with van der Waals surface area (Å²) in [7, 11) is 0. The van der Waals surface area contributed by atoms with E-state index in [4.69, 9.17) is 4.74 Å². The first-order valence-corrected chi connectivity index (χ1v) is 13.2. The van der Waals surface area contributed by atoms with Crippen LogP contribution in [0.3, 0.4) is 0 Å². The molecule has 2 aliphatic rings. The number of carbonyl (C=O) groups is 1. The van der Waals surface area contributed by atoms with Crippen LogP contribution in [0.5, 0.6) is 0 Å². The fourth-order valence-electron chi connectivity index (χ4n) is 5.66. The molecular formula is C29H36N4O3. The van der Waals surface area contributed by atoms with Gasteiger partial charge in [-0.1, -0.05) is 72.5 Å². The summed E-state index contributed by atoms with van der Waals surface area (Å²) in [5, 5.41) is 19.8. The first kappa shape index (κ1) is 24.7. The topological polar surface area (TPSA) is 80.5 Å². The molecule has 2 aromatic carbocycles. The summed E-state index contributed by atoms with van der Waals surface area (Å²) in [4.78, 5) is 14.8. The predicted molar refractivity (Wildman–Crippen MR) is 137 cm³/mol. The number of aliphatic hydroxyl groups excluding tert-OH is 1. The van der Waals surface area contributed by atoms with Crippen LogP contribution in [0, 0.1) is 12.8 Å². The molecule has 7 nitrogen and oxygen atoms in total. The minimum Gasteiger partial charge on any atom is -0.455 e. The van der Waals surface area contributed by atoms with Crippen LogP contribution in [0.1, 0.15) is 77.8 Å². The van der Waals surface area contributed by atoms with Crippen molar-refractivity contribution in [3.63, 3.8) is 0 Å². The molecule has 3 atom stereocenters. The number of aliphatic hydroxyl groups is 1. The van der Waals surface area contributed by atoms with Gasteiger partial charge in [-0.3, -0.25) is 4.90 Å². The normalized spacial score (nSPS) is 23.4. The maximum Gasteiger partial charge on any atom is 0.338 e. The zero-order valence-corrected chi connectivity index (χ0v) is 21.0. The highest BCUT2D eigenvalue weighted by molar-refractivity contribution is 5.89. The van der Waals surface area contributed by atoms with Crippen molar-refractivity contribution in [2.24, 2.45) is 5.92 Å². The molecule has 3 aromatic rings. The highest BCUT2D eigenvalue weighted by atomic mass is 16.5. The molecule has 1 aromatic heterocycles. The first-order valence-electron chi connectivity index (χ1n) is 13.2. The number of hydrogen-bond donors (Lipinski definition) is 1. The maximum atomic E-state index is 12.3. The van der Waals surface area contributed by atoms with Crippen molar-refractivity contribution in [1.82, 2.24) is 19.9 Å². The Hall–Kier alpha value is -3.03. The lowest BCUT2D eigenvalue weighted by Crippen LogP contribution is -2.47. The number of aromatic nitrogens is 3. The van der Waals surface area contributed by atoms with E-state index in [9.17, 15) is 9.90 Å². The van der Waals surface area contributed by atoms with E-state index in [-0.39, 0.29) is 24.7 Å². The summed E-state index contributed by atoms with van der Waals surface area (Å²) < 4.78 is 7.18. The number of rotatable bonds is 7. The van der Waals surface area contributed by atoms with Gasteiger partial charge in [0.25, 0.3) is 0 Å². The monoisotopic (exact) mass is 488 g/mol. The van der Waals surface area contributed by atoms with Crippen molar-refractivity contribution in [2.45, 2.75) is 70.2 Å². The zero-order valence-electron chi connectivity index (χ0n) is 21.0. The molecule has 1 N–H and O–H groups in total. The van der Waals surface area contributed by atoms with Crippen LogP contribution in [0.2, 0.25) is 0 Å². The molecule has 36 heavy (non-hydrogen) atoms. The number of piperidine rings is 1. The Kier molecular flexibility index (Phi) is 7.78. The Morgan fingerprint density at radius 1 is 1.06 bits per heavy atom. The van der Waals surface area contributed by atoms with E-state index in [1.165, 1.54) is 43.2 Å². The average molecular weight is 489 g/mol. The third-order valence-electron chi connectivity index (χ3n) is 7.71. The van der Waals surface area contributed by atoms with Crippen molar-refractivity contribution in [3.05, 3.63) is 83.2 Å². The van der Waals surface area contributed by atoms with Crippen LogP contribution in [-0.2, 0) is 11.3 Å². The Morgan fingerprint density at radius 2 is 1.81 bits per heavy atom. The van der Waals surface area contributed by atoms with E-state index in [0.717, 1.165) is 6.54 Å². The summed E-state index contributed by atoms with van der Waals surface area (Å²) in [5.74, 6) is 0.314. The van der Waals surface area contributed by atoms with Gasteiger partial charge in [-0.05, 0) is 49.8 Å². The molecule has 1 saturated carbocycles. The van der Waals surface area contributed by atoms with Crippen LogP contribution in [0.4, 0.5) is 0 Å². The molecule has 5 rings (SSSR count). The molecular weight excluding hydrogens is 452 g/mol. The molecule has 0 unspecified atom stereocenters. The summed E-state index contributed by atoms with van der Waals surface area (Å²) >= 11 is 0. The van der Waals surface area contributed by atoms with Crippen molar-refractivity contribution in [2.75, 3.05) is 13.1 Å². The van der Waals surface area contributed by atoms with Crippen LogP contribution in [0.25, 0.3) is 0 Å². The zero-order chi connectivity index (χ0) is 24.9. The van der Waals surface area contributed by atoms with Gasteiger partial charge in [-0.25, -0.2) is 9.48 Å². The summed E-state index contributed by atoms with van der Waals surface area (Å²) in [6.45, 7) is 3.91. The van der Waals surface area contributed by atoms with Crippen molar-refractivity contribution in [1.29, 1.82) is 0 Å². The molecule has 2 heterocycles. The standard InChI is InChI=1S/C29H36N4O3/c1-21-12-14-23(15-13-21)26-16-28(34)27(19-32(26)17-22-8-4-2-5-9-22)33-18-25(30-31-33)20-36-29(35)24-10-6-3-7-11-24/h3,6-7,10-15,18,22,26-28,34H,2,4-5,8-9,16-17,19-20H2,1H3/t26-,27-,28-/m1/s1.